The van der Waals surface area contributed by atoms with Gasteiger partial charge in [0.15, 0.2) is 0 Å². The maximum Gasteiger partial charge on any atom is 0.337 e. The largest absolute Gasteiger partial charge is 0.465 e. The summed E-state index contributed by atoms with van der Waals surface area (Å²) in [6, 6.07) is 6.11. The summed E-state index contributed by atoms with van der Waals surface area (Å²) >= 11 is 0. The van der Waals surface area contributed by atoms with Crippen LogP contribution in [-0.2, 0) is 20.9 Å². The van der Waals surface area contributed by atoms with Gasteiger partial charge in [0.25, 0.3) is 0 Å². The predicted molar refractivity (Wildman–Crippen MR) is 85.5 cm³/mol. The highest BCUT2D eigenvalue weighted by molar-refractivity contribution is 5.89. The molecule has 0 aromatic heterocycles. The van der Waals surface area contributed by atoms with E-state index in [-0.39, 0.29) is 30.8 Å². The molecule has 0 saturated heterocycles. The summed E-state index contributed by atoms with van der Waals surface area (Å²) in [4.78, 5) is 34.8. The van der Waals surface area contributed by atoms with Crippen LogP contribution in [0.3, 0.4) is 0 Å². The molecule has 1 aromatic carbocycles. The Morgan fingerprint density at radius 1 is 1.22 bits per heavy atom. The van der Waals surface area contributed by atoms with Crippen LogP contribution in [0.2, 0.25) is 0 Å². The van der Waals surface area contributed by atoms with Crippen molar-refractivity contribution in [3.8, 4) is 0 Å². The van der Waals surface area contributed by atoms with Gasteiger partial charge in [-0.15, -0.1) is 0 Å². The Morgan fingerprint density at radius 2 is 1.91 bits per heavy atom. The molecule has 4 N–H and O–H groups in total. The number of methoxy groups -OCH3 is 1. The average Bonchev–Trinajstić information content (AvgIpc) is 2.56. The number of benzene rings is 1. The number of ether oxygens (including phenoxy) is 1. The summed E-state index contributed by atoms with van der Waals surface area (Å²) in [5, 5.41) is 5.15. The van der Waals surface area contributed by atoms with E-state index in [1.54, 1.807) is 24.3 Å². The van der Waals surface area contributed by atoms with Crippen molar-refractivity contribution in [3.63, 3.8) is 0 Å². The van der Waals surface area contributed by atoms with Crippen LogP contribution in [0, 0.1) is 5.92 Å². The fourth-order valence-electron chi connectivity index (χ4n) is 1.78. The van der Waals surface area contributed by atoms with Gasteiger partial charge < -0.3 is 21.1 Å². The lowest BCUT2D eigenvalue weighted by molar-refractivity contribution is -0.127. The average molecular weight is 321 g/mol. The van der Waals surface area contributed by atoms with Gasteiger partial charge in [-0.3, -0.25) is 9.59 Å². The van der Waals surface area contributed by atoms with E-state index in [4.69, 9.17) is 5.73 Å². The molecule has 23 heavy (non-hydrogen) atoms. The molecular weight excluding hydrogens is 298 g/mol. The molecule has 0 radical (unpaired) electrons. The number of esters is 1. The number of carbonyl (C=O) groups excluding carboxylic acids is 3. The topological polar surface area (TPSA) is 111 Å². The van der Waals surface area contributed by atoms with E-state index in [2.05, 4.69) is 15.4 Å². The van der Waals surface area contributed by atoms with Gasteiger partial charge in [0.2, 0.25) is 11.8 Å². The zero-order valence-electron chi connectivity index (χ0n) is 13.6. The van der Waals surface area contributed by atoms with Crippen LogP contribution in [0.1, 0.15) is 29.8 Å². The van der Waals surface area contributed by atoms with Crippen molar-refractivity contribution in [1.82, 2.24) is 10.6 Å². The van der Waals surface area contributed by atoms with E-state index in [9.17, 15) is 14.4 Å². The number of amides is 2. The number of rotatable bonds is 7. The molecular formula is C16H23N3O4. The minimum absolute atomic E-state index is 0.000812. The van der Waals surface area contributed by atoms with Crippen LogP contribution in [0.25, 0.3) is 0 Å². The van der Waals surface area contributed by atoms with Gasteiger partial charge in [0.05, 0.1) is 25.3 Å². The highest BCUT2D eigenvalue weighted by atomic mass is 16.5. The quantitative estimate of drug-likeness (QED) is 0.621. The number of nitrogens with one attached hydrogen (secondary N) is 2. The lowest BCUT2D eigenvalue weighted by atomic mass is 10.1. The minimum Gasteiger partial charge on any atom is -0.465 e. The third kappa shape index (κ3) is 6.07. The van der Waals surface area contributed by atoms with E-state index in [0.717, 1.165) is 5.56 Å². The highest BCUT2D eigenvalue weighted by Gasteiger charge is 2.17. The van der Waals surface area contributed by atoms with Crippen molar-refractivity contribution in [2.75, 3.05) is 13.7 Å². The first-order chi connectivity index (χ1) is 10.8. The molecule has 126 valence electrons. The Hall–Kier alpha value is -2.41. The second-order valence-electron chi connectivity index (χ2n) is 5.46. The van der Waals surface area contributed by atoms with Crippen LogP contribution in [0.5, 0.6) is 0 Å². The van der Waals surface area contributed by atoms with Gasteiger partial charge >= 0.3 is 5.97 Å². The molecule has 1 aromatic rings. The normalized spacial score (nSPS) is 11.7. The molecule has 0 spiro atoms. The van der Waals surface area contributed by atoms with Crippen LogP contribution < -0.4 is 16.4 Å². The Labute approximate surface area is 135 Å². The lowest BCUT2D eigenvalue weighted by Crippen LogP contribution is -2.47. The second kappa shape index (κ2) is 8.89. The van der Waals surface area contributed by atoms with E-state index in [1.807, 2.05) is 13.8 Å². The van der Waals surface area contributed by atoms with Crippen LogP contribution in [-0.4, -0.2) is 37.5 Å². The molecule has 0 heterocycles. The SMILES string of the molecule is COC(=O)c1cccc(CNC(=O)CNC(=O)[C@@H](N)C(C)C)c1. The van der Waals surface area contributed by atoms with Crippen LogP contribution in [0.15, 0.2) is 24.3 Å². The third-order valence-electron chi connectivity index (χ3n) is 3.28. The standard InChI is InChI=1S/C16H23N3O4/c1-10(2)14(17)15(21)19-9-13(20)18-8-11-5-4-6-12(7-11)16(22)23-3/h4-7,10,14H,8-9,17H2,1-3H3,(H,18,20)(H,19,21)/t14-/m0/s1. The van der Waals surface area contributed by atoms with E-state index in [1.165, 1.54) is 7.11 Å². The smallest absolute Gasteiger partial charge is 0.337 e. The molecule has 0 saturated carbocycles. The summed E-state index contributed by atoms with van der Waals surface area (Å²) in [5.74, 6) is -1.13. The van der Waals surface area contributed by atoms with Gasteiger partial charge in [0.1, 0.15) is 0 Å². The summed E-state index contributed by atoms with van der Waals surface area (Å²) < 4.78 is 4.64. The van der Waals surface area contributed by atoms with Gasteiger partial charge in [-0.25, -0.2) is 4.79 Å². The van der Waals surface area contributed by atoms with E-state index < -0.39 is 12.0 Å². The molecule has 0 unspecified atom stereocenters. The zero-order chi connectivity index (χ0) is 17.4. The van der Waals surface area contributed by atoms with Gasteiger partial charge in [-0.1, -0.05) is 26.0 Å². The first kappa shape index (κ1) is 18.6. The lowest BCUT2D eigenvalue weighted by Gasteiger charge is -2.15. The van der Waals surface area contributed by atoms with E-state index >= 15 is 0 Å². The molecule has 0 aliphatic rings. The van der Waals surface area contributed by atoms with E-state index in [0.29, 0.717) is 5.56 Å². The Balaban J connectivity index is 2.45. The van der Waals surface area contributed by atoms with Crippen molar-refractivity contribution in [1.29, 1.82) is 0 Å². The Kier molecular flexibility index (Phi) is 7.21. The first-order valence-corrected chi connectivity index (χ1v) is 7.32. The maximum atomic E-state index is 11.7. The molecule has 0 aliphatic carbocycles. The summed E-state index contributed by atoms with van der Waals surface area (Å²) in [7, 11) is 1.31. The van der Waals surface area contributed by atoms with Crippen molar-refractivity contribution >= 4 is 17.8 Å². The summed E-state index contributed by atoms with van der Waals surface area (Å²) in [6.45, 7) is 3.77. The molecule has 7 nitrogen and oxygen atoms in total. The first-order valence-electron chi connectivity index (χ1n) is 7.32. The zero-order valence-corrected chi connectivity index (χ0v) is 13.6. The monoisotopic (exact) mass is 321 g/mol. The summed E-state index contributed by atoms with van der Waals surface area (Å²) in [5.41, 5.74) is 6.85. The minimum atomic E-state index is -0.639. The van der Waals surface area contributed by atoms with Crippen LogP contribution >= 0.6 is 0 Å². The number of hydrogen-bond acceptors (Lipinski definition) is 5. The van der Waals surface area contributed by atoms with Crippen molar-refractivity contribution in [2.45, 2.75) is 26.4 Å². The fourth-order valence-corrected chi connectivity index (χ4v) is 1.78. The summed E-state index contributed by atoms with van der Waals surface area (Å²) in [6.07, 6.45) is 0. The second-order valence-corrected chi connectivity index (χ2v) is 5.46. The molecule has 1 rings (SSSR count). The van der Waals surface area contributed by atoms with Crippen molar-refractivity contribution in [3.05, 3.63) is 35.4 Å². The fraction of sp³-hybridized carbons (Fsp3) is 0.438. The highest BCUT2D eigenvalue weighted by Crippen LogP contribution is 2.06. The van der Waals surface area contributed by atoms with Crippen molar-refractivity contribution in [2.24, 2.45) is 11.7 Å². The number of carbonyl (C=O) groups is 3. The molecule has 0 fully saturated rings. The molecule has 0 aliphatic heterocycles. The molecule has 0 bridgehead atoms. The van der Waals surface area contributed by atoms with Gasteiger partial charge in [-0.2, -0.15) is 0 Å². The number of hydrogen-bond donors (Lipinski definition) is 3. The predicted octanol–water partition coefficient (Wildman–Crippen LogP) is 0.189. The molecule has 1 atom stereocenters. The Morgan fingerprint density at radius 3 is 2.52 bits per heavy atom. The molecule has 2 amide bonds. The van der Waals surface area contributed by atoms with Crippen molar-refractivity contribution < 1.29 is 19.1 Å². The third-order valence-corrected chi connectivity index (χ3v) is 3.28. The number of nitrogens with two attached hydrogens (primary N) is 1. The van der Waals surface area contributed by atoms with Gasteiger partial charge in [-0.05, 0) is 23.6 Å². The maximum absolute atomic E-state index is 11.7. The molecule has 7 heteroatoms. The Bertz CT molecular complexity index is 572. The van der Waals surface area contributed by atoms with Crippen LogP contribution in [0.4, 0.5) is 0 Å². The van der Waals surface area contributed by atoms with Gasteiger partial charge in [0, 0.05) is 6.54 Å².